The van der Waals surface area contributed by atoms with Crippen LogP contribution < -0.4 is 5.73 Å². The predicted octanol–water partition coefficient (Wildman–Crippen LogP) is 2.27. The first-order valence-electron chi connectivity index (χ1n) is 6.59. The average Bonchev–Trinajstić information content (AvgIpc) is 3.12. The lowest BCUT2D eigenvalue weighted by molar-refractivity contribution is 0.401. The summed E-state index contributed by atoms with van der Waals surface area (Å²) in [5, 5.41) is 0. The number of rotatable bonds is 4. The van der Waals surface area contributed by atoms with E-state index in [0.29, 0.717) is 5.41 Å². The predicted molar refractivity (Wildman–Crippen MR) is 70.9 cm³/mol. The van der Waals surface area contributed by atoms with Crippen LogP contribution in [0.4, 0.5) is 0 Å². The van der Waals surface area contributed by atoms with Crippen molar-refractivity contribution >= 4 is 0 Å². The third-order valence-electron chi connectivity index (χ3n) is 4.47. The summed E-state index contributed by atoms with van der Waals surface area (Å²) in [6.45, 7) is 1.02. The van der Waals surface area contributed by atoms with Crippen molar-refractivity contribution in [1.29, 1.82) is 0 Å². The SMILES string of the molecule is CN(C)Cc1cccc(C2(C3(N)CC3)CC2)c1. The molecule has 2 aliphatic carbocycles. The van der Waals surface area contributed by atoms with Crippen molar-refractivity contribution in [3.05, 3.63) is 35.4 Å². The zero-order valence-electron chi connectivity index (χ0n) is 10.9. The topological polar surface area (TPSA) is 29.3 Å². The Morgan fingerprint density at radius 2 is 1.88 bits per heavy atom. The minimum Gasteiger partial charge on any atom is -0.324 e. The molecule has 17 heavy (non-hydrogen) atoms. The second-order valence-electron chi connectivity index (χ2n) is 6.18. The highest BCUT2D eigenvalue weighted by Crippen LogP contribution is 2.63. The molecule has 0 amide bonds. The molecule has 2 heteroatoms. The lowest BCUT2D eigenvalue weighted by Gasteiger charge is -2.24. The summed E-state index contributed by atoms with van der Waals surface area (Å²) >= 11 is 0. The molecule has 0 aromatic heterocycles. The number of hydrogen-bond donors (Lipinski definition) is 1. The zero-order chi connectivity index (χ0) is 12.1. The van der Waals surface area contributed by atoms with Gasteiger partial charge in [-0.15, -0.1) is 0 Å². The summed E-state index contributed by atoms with van der Waals surface area (Å²) in [5.74, 6) is 0. The minimum atomic E-state index is 0.129. The van der Waals surface area contributed by atoms with Crippen LogP contribution in [0.3, 0.4) is 0 Å². The van der Waals surface area contributed by atoms with Gasteiger partial charge in [-0.05, 0) is 50.9 Å². The van der Waals surface area contributed by atoms with Gasteiger partial charge in [-0.25, -0.2) is 0 Å². The molecule has 1 aromatic rings. The molecule has 92 valence electrons. The van der Waals surface area contributed by atoms with Gasteiger partial charge < -0.3 is 10.6 Å². The molecule has 2 aliphatic rings. The molecule has 0 bridgehead atoms. The van der Waals surface area contributed by atoms with Gasteiger partial charge in [0.2, 0.25) is 0 Å². The molecule has 0 unspecified atom stereocenters. The van der Waals surface area contributed by atoms with Crippen molar-refractivity contribution in [3.8, 4) is 0 Å². The van der Waals surface area contributed by atoms with Gasteiger partial charge >= 0.3 is 0 Å². The second kappa shape index (κ2) is 3.56. The Hall–Kier alpha value is -0.860. The molecule has 2 N–H and O–H groups in total. The summed E-state index contributed by atoms with van der Waals surface area (Å²) < 4.78 is 0. The average molecular weight is 230 g/mol. The van der Waals surface area contributed by atoms with Gasteiger partial charge in [0.1, 0.15) is 0 Å². The first kappa shape index (κ1) is 11.2. The molecule has 0 atom stereocenters. The van der Waals surface area contributed by atoms with E-state index in [1.165, 1.54) is 36.8 Å². The van der Waals surface area contributed by atoms with Gasteiger partial charge in [0.15, 0.2) is 0 Å². The monoisotopic (exact) mass is 230 g/mol. The van der Waals surface area contributed by atoms with Crippen LogP contribution in [-0.2, 0) is 12.0 Å². The van der Waals surface area contributed by atoms with E-state index < -0.39 is 0 Å². The van der Waals surface area contributed by atoms with Crippen LogP contribution in [0.25, 0.3) is 0 Å². The van der Waals surface area contributed by atoms with E-state index in [1.54, 1.807) is 0 Å². The van der Waals surface area contributed by atoms with E-state index in [2.05, 4.69) is 43.3 Å². The fourth-order valence-corrected chi connectivity index (χ4v) is 3.14. The van der Waals surface area contributed by atoms with Crippen molar-refractivity contribution in [1.82, 2.24) is 4.90 Å². The quantitative estimate of drug-likeness (QED) is 0.859. The van der Waals surface area contributed by atoms with Gasteiger partial charge in [0, 0.05) is 17.5 Å². The van der Waals surface area contributed by atoms with E-state index >= 15 is 0 Å². The van der Waals surface area contributed by atoms with Crippen LogP contribution in [0.15, 0.2) is 24.3 Å². The first-order chi connectivity index (χ1) is 8.06. The zero-order valence-corrected chi connectivity index (χ0v) is 10.9. The van der Waals surface area contributed by atoms with Crippen LogP contribution >= 0.6 is 0 Å². The molecular formula is C15H22N2. The van der Waals surface area contributed by atoms with E-state index in [4.69, 9.17) is 5.73 Å². The van der Waals surface area contributed by atoms with Crippen molar-refractivity contribution in [2.75, 3.05) is 14.1 Å². The van der Waals surface area contributed by atoms with Crippen molar-refractivity contribution in [3.63, 3.8) is 0 Å². The summed E-state index contributed by atoms with van der Waals surface area (Å²) in [7, 11) is 4.23. The molecule has 2 fully saturated rings. The molecular weight excluding hydrogens is 208 g/mol. The fraction of sp³-hybridized carbons (Fsp3) is 0.600. The molecule has 3 rings (SSSR count). The number of hydrogen-bond acceptors (Lipinski definition) is 2. The highest BCUT2D eigenvalue weighted by molar-refractivity contribution is 5.42. The van der Waals surface area contributed by atoms with E-state index in [1.807, 2.05) is 0 Å². The molecule has 0 spiro atoms. The van der Waals surface area contributed by atoms with Gasteiger partial charge in [-0.2, -0.15) is 0 Å². The van der Waals surface area contributed by atoms with Crippen molar-refractivity contribution in [2.24, 2.45) is 5.73 Å². The summed E-state index contributed by atoms with van der Waals surface area (Å²) in [4.78, 5) is 2.22. The molecule has 2 nitrogen and oxygen atoms in total. The van der Waals surface area contributed by atoms with Crippen LogP contribution in [0.1, 0.15) is 36.8 Å². The van der Waals surface area contributed by atoms with Crippen molar-refractivity contribution in [2.45, 2.75) is 43.2 Å². The van der Waals surface area contributed by atoms with E-state index in [9.17, 15) is 0 Å². The van der Waals surface area contributed by atoms with E-state index in [0.717, 1.165) is 6.54 Å². The summed E-state index contributed by atoms with van der Waals surface area (Å²) in [6, 6.07) is 9.06. The van der Waals surface area contributed by atoms with Crippen LogP contribution in [0.5, 0.6) is 0 Å². The lowest BCUT2D eigenvalue weighted by atomic mass is 9.85. The third-order valence-corrected chi connectivity index (χ3v) is 4.47. The standard InChI is InChI=1S/C15H22N2/c1-17(2)11-12-4-3-5-13(10-12)14(6-7-14)15(16)8-9-15/h3-5,10H,6-9,11,16H2,1-2H3. The van der Waals surface area contributed by atoms with Gasteiger partial charge in [-0.3, -0.25) is 0 Å². The summed E-state index contributed by atoms with van der Waals surface area (Å²) in [6.07, 6.45) is 5.00. The van der Waals surface area contributed by atoms with Crippen molar-refractivity contribution < 1.29 is 0 Å². The number of nitrogens with two attached hydrogens (primary N) is 1. The molecule has 0 saturated heterocycles. The molecule has 0 aliphatic heterocycles. The normalized spacial score (nSPS) is 23.8. The first-order valence-corrected chi connectivity index (χ1v) is 6.59. The molecule has 2 saturated carbocycles. The Morgan fingerprint density at radius 3 is 2.41 bits per heavy atom. The second-order valence-corrected chi connectivity index (χ2v) is 6.18. The highest BCUT2D eigenvalue weighted by Gasteiger charge is 2.63. The Morgan fingerprint density at radius 1 is 1.18 bits per heavy atom. The molecule has 0 heterocycles. The maximum absolute atomic E-state index is 6.46. The highest BCUT2D eigenvalue weighted by atomic mass is 15.0. The Labute approximate surface area is 104 Å². The largest absolute Gasteiger partial charge is 0.324 e. The van der Waals surface area contributed by atoms with Crippen LogP contribution in [0.2, 0.25) is 0 Å². The Balaban J connectivity index is 1.88. The fourth-order valence-electron chi connectivity index (χ4n) is 3.14. The number of benzene rings is 1. The van der Waals surface area contributed by atoms with Crippen LogP contribution in [-0.4, -0.2) is 24.5 Å². The van der Waals surface area contributed by atoms with Gasteiger partial charge in [0.25, 0.3) is 0 Å². The van der Waals surface area contributed by atoms with Crippen LogP contribution in [0, 0.1) is 0 Å². The smallest absolute Gasteiger partial charge is 0.0253 e. The van der Waals surface area contributed by atoms with Gasteiger partial charge in [-0.1, -0.05) is 24.3 Å². The maximum atomic E-state index is 6.46. The number of nitrogens with zero attached hydrogens (tertiary/aromatic N) is 1. The maximum Gasteiger partial charge on any atom is 0.0253 e. The molecule has 0 radical (unpaired) electrons. The lowest BCUT2D eigenvalue weighted by Crippen LogP contribution is -2.37. The third kappa shape index (κ3) is 1.80. The Kier molecular flexibility index (Phi) is 2.36. The molecule has 1 aromatic carbocycles. The van der Waals surface area contributed by atoms with Gasteiger partial charge in [0.05, 0.1) is 0 Å². The minimum absolute atomic E-state index is 0.129. The van der Waals surface area contributed by atoms with E-state index in [-0.39, 0.29) is 5.54 Å². The summed E-state index contributed by atoms with van der Waals surface area (Å²) in [5.41, 5.74) is 9.81. The Bertz CT molecular complexity index is 428.